The van der Waals surface area contributed by atoms with Crippen LogP contribution in [0.5, 0.6) is 0 Å². The van der Waals surface area contributed by atoms with E-state index in [1.165, 1.54) is 10.6 Å². The second-order valence-electron chi connectivity index (χ2n) is 5.08. The molecule has 1 rings (SSSR count). The van der Waals surface area contributed by atoms with Gasteiger partial charge in [-0.05, 0) is 25.7 Å². The molecule has 0 bridgehead atoms. The molecule has 112 valence electrons. The first-order valence-electron chi connectivity index (χ1n) is 6.75. The highest BCUT2D eigenvalue weighted by molar-refractivity contribution is 7.88. The van der Waals surface area contributed by atoms with Crippen LogP contribution in [0.15, 0.2) is 0 Å². The van der Waals surface area contributed by atoms with Crippen molar-refractivity contribution in [3.63, 3.8) is 0 Å². The molecule has 6 nitrogen and oxygen atoms in total. The van der Waals surface area contributed by atoms with E-state index in [0.29, 0.717) is 45.3 Å². The van der Waals surface area contributed by atoms with Gasteiger partial charge < -0.3 is 10.4 Å². The third-order valence-corrected chi connectivity index (χ3v) is 4.84. The molecule has 1 aliphatic rings. The summed E-state index contributed by atoms with van der Waals surface area (Å²) in [6.45, 7) is 3.19. The molecule has 0 spiro atoms. The number of nitrogens with zero attached hydrogens (tertiary/aromatic N) is 1. The van der Waals surface area contributed by atoms with E-state index in [4.69, 9.17) is 0 Å². The first-order chi connectivity index (χ1) is 8.84. The highest BCUT2D eigenvalue weighted by Gasteiger charge is 2.28. The number of aliphatic hydroxyl groups excluding tert-OH is 1. The Hall–Kier alpha value is -0.660. The minimum atomic E-state index is -3.14. The maximum absolute atomic E-state index is 11.9. The summed E-state index contributed by atoms with van der Waals surface area (Å²) in [4.78, 5) is 11.9. The standard InChI is InChI=1S/C12H24N2O4S/c1-3-11(15)4-7-13-12(16)10-5-8-14(9-6-10)19(2,17)18/h10-11,15H,3-9H2,1-2H3,(H,13,16). The molecule has 2 N–H and O–H groups in total. The first kappa shape index (κ1) is 16.4. The van der Waals surface area contributed by atoms with Crippen LogP contribution in [0.4, 0.5) is 0 Å². The van der Waals surface area contributed by atoms with Gasteiger partial charge in [0.1, 0.15) is 0 Å². The Bertz CT molecular complexity index is 389. The fourth-order valence-electron chi connectivity index (χ4n) is 2.16. The van der Waals surface area contributed by atoms with Crippen molar-refractivity contribution >= 4 is 15.9 Å². The highest BCUT2D eigenvalue weighted by Crippen LogP contribution is 2.19. The summed E-state index contributed by atoms with van der Waals surface area (Å²) < 4.78 is 24.1. The highest BCUT2D eigenvalue weighted by atomic mass is 32.2. The van der Waals surface area contributed by atoms with Gasteiger partial charge in [-0.1, -0.05) is 6.92 Å². The zero-order valence-corrected chi connectivity index (χ0v) is 12.4. The molecule has 19 heavy (non-hydrogen) atoms. The molecule has 1 fully saturated rings. The molecule has 1 aliphatic heterocycles. The van der Waals surface area contributed by atoms with Crippen molar-refractivity contribution in [2.24, 2.45) is 5.92 Å². The molecule has 1 atom stereocenters. The van der Waals surface area contributed by atoms with Crippen LogP contribution in [0.2, 0.25) is 0 Å². The zero-order valence-electron chi connectivity index (χ0n) is 11.6. The lowest BCUT2D eigenvalue weighted by Crippen LogP contribution is -2.43. The number of carbonyl (C=O) groups excluding carboxylic acids is 1. The number of piperidine rings is 1. The quantitative estimate of drug-likeness (QED) is 0.718. The lowest BCUT2D eigenvalue weighted by Gasteiger charge is -2.29. The smallest absolute Gasteiger partial charge is 0.223 e. The van der Waals surface area contributed by atoms with Crippen molar-refractivity contribution in [2.75, 3.05) is 25.9 Å². The van der Waals surface area contributed by atoms with Crippen LogP contribution >= 0.6 is 0 Å². The van der Waals surface area contributed by atoms with E-state index in [1.54, 1.807) is 0 Å². The number of aliphatic hydroxyl groups is 1. The molecule has 0 saturated carbocycles. The molecule has 0 radical (unpaired) electrons. The summed E-state index contributed by atoms with van der Waals surface area (Å²) in [5.41, 5.74) is 0. The number of nitrogens with one attached hydrogen (secondary N) is 1. The Morgan fingerprint density at radius 1 is 1.42 bits per heavy atom. The predicted octanol–water partition coefficient (Wildman–Crippen LogP) is -0.0648. The summed E-state index contributed by atoms with van der Waals surface area (Å²) in [7, 11) is -3.14. The summed E-state index contributed by atoms with van der Waals surface area (Å²) in [6, 6.07) is 0. The monoisotopic (exact) mass is 292 g/mol. The number of rotatable bonds is 6. The molecule has 1 saturated heterocycles. The number of hydrogen-bond donors (Lipinski definition) is 2. The minimum Gasteiger partial charge on any atom is -0.393 e. The van der Waals surface area contributed by atoms with Crippen LogP contribution in [0, 0.1) is 5.92 Å². The average Bonchev–Trinajstić information content (AvgIpc) is 2.37. The number of sulfonamides is 1. The van der Waals surface area contributed by atoms with Crippen LogP contribution in [0.1, 0.15) is 32.6 Å². The lowest BCUT2D eigenvalue weighted by molar-refractivity contribution is -0.126. The van der Waals surface area contributed by atoms with Crippen LogP contribution in [-0.4, -0.2) is 55.7 Å². The fraction of sp³-hybridized carbons (Fsp3) is 0.917. The Balaban J connectivity index is 2.29. The van der Waals surface area contributed by atoms with E-state index in [1.807, 2.05) is 6.92 Å². The first-order valence-corrected chi connectivity index (χ1v) is 8.60. The van der Waals surface area contributed by atoms with Crippen LogP contribution < -0.4 is 5.32 Å². The number of hydrogen-bond acceptors (Lipinski definition) is 4. The Kier molecular flexibility index (Phi) is 6.22. The van der Waals surface area contributed by atoms with Gasteiger partial charge in [0.25, 0.3) is 0 Å². The van der Waals surface area contributed by atoms with Gasteiger partial charge in [0.2, 0.25) is 15.9 Å². The Morgan fingerprint density at radius 3 is 2.47 bits per heavy atom. The summed E-state index contributed by atoms with van der Waals surface area (Å²) >= 11 is 0. The topological polar surface area (TPSA) is 86.7 Å². The maximum Gasteiger partial charge on any atom is 0.223 e. The van der Waals surface area contributed by atoms with Crippen molar-refractivity contribution in [3.05, 3.63) is 0 Å². The van der Waals surface area contributed by atoms with Gasteiger partial charge in [-0.15, -0.1) is 0 Å². The van der Waals surface area contributed by atoms with Crippen molar-refractivity contribution in [3.8, 4) is 0 Å². The van der Waals surface area contributed by atoms with Gasteiger partial charge in [0, 0.05) is 25.6 Å². The van der Waals surface area contributed by atoms with E-state index >= 15 is 0 Å². The molecule has 1 amide bonds. The van der Waals surface area contributed by atoms with Gasteiger partial charge in [-0.3, -0.25) is 4.79 Å². The van der Waals surface area contributed by atoms with Gasteiger partial charge in [0.15, 0.2) is 0 Å². The van der Waals surface area contributed by atoms with Gasteiger partial charge >= 0.3 is 0 Å². The van der Waals surface area contributed by atoms with Crippen molar-refractivity contribution in [1.82, 2.24) is 9.62 Å². The third-order valence-electron chi connectivity index (χ3n) is 3.54. The van der Waals surface area contributed by atoms with Gasteiger partial charge in [0.05, 0.1) is 12.4 Å². The SMILES string of the molecule is CCC(O)CCNC(=O)C1CCN(S(C)(=O)=O)CC1. The zero-order chi connectivity index (χ0) is 14.5. The summed E-state index contributed by atoms with van der Waals surface area (Å²) in [5.74, 6) is -0.145. The van der Waals surface area contributed by atoms with Crippen LogP contribution in [0.3, 0.4) is 0 Å². The normalized spacial score (nSPS) is 20.2. The molecule has 1 heterocycles. The lowest BCUT2D eigenvalue weighted by atomic mass is 9.97. The van der Waals surface area contributed by atoms with Crippen LogP contribution in [-0.2, 0) is 14.8 Å². The predicted molar refractivity (Wildman–Crippen MR) is 73.1 cm³/mol. The summed E-state index contributed by atoms with van der Waals surface area (Å²) in [6.07, 6.45) is 3.20. The third kappa shape index (κ3) is 5.46. The Morgan fingerprint density at radius 2 is 2.00 bits per heavy atom. The van der Waals surface area contributed by atoms with E-state index in [2.05, 4.69) is 5.32 Å². The maximum atomic E-state index is 11.9. The number of amides is 1. The van der Waals surface area contributed by atoms with Crippen molar-refractivity contribution in [1.29, 1.82) is 0 Å². The second kappa shape index (κ2) is 7.21. The van der Waals surface area contributed by atoms with Gasteiger partial charge in [-0.2, -0.15) is 0 Å². The van der Waals surface area contributed by atoms with E-state index in [9.17, 15) is 18.3 Å². The van der Waals surface area contributed by atoms with E-state index in [0.717, 1.165) is 0 Å². The Labute approximate surface area is 115 Å². The van der Waals surface area contributed by atoms with Crippen LogP contribution in [0.25, 0.3) is 0 Å². The molecule has 0 aliphatic carbocycles. The van der Waals surface area contributed by atoms with Gasteiger partial charge in [-0.25, -0.2) is 12.7 Å². The second-order valence-corrected chi connectivity index (χ2v) is 7.06. The molecule has 0 aromatic carbocycles. The molecular formula is C12H24N2O4S. The van der Waals surface area contributed by atoms with Crippen molar-refractivity contribution in [2.45, 2.75) is 38.7 Å². The van der Waals surface area contributed by atoms with E-state index in [-0.39, 0.29) is 17.9 Å². The average molecular weight is 292 g/mol. The molecule has 1 unspecified atom stereocenters. The molecule has 0 aromatic heterocycles. The molecule has 7 heteroatoms. The summed E-state index contributed by atoms with van der Waals surface area (Å²) in [5, 5.41) is 12.2. The van der Waals surface area contributed by atoms with Crippen molar-refractivity contribution < 1.29 is 18.3 Å². The van der Waals surface area contributed by atoms with E-state index < -0.39 is 10.0 Å². The number of carbonyl (C=O) groups is 1. The minimum absolute atomic E-state index is 0.0311. The molecular weight excluding hydrogens is 268 g/mol. The largest absolute Gasteiger partial charge is 0.393 e. The fourth-order valence-corrected chi connectivity index (χ4v) is 3.03. The molecule has 0 aromatic rings.